The number of nitrogens with zero attached hydrogens (tertiary/aromatic N) is 1. The molecule has 1 aliphatic carbocycles. The predicted molar refractivity (Wildman–Crippen MR) is 47.1 cm³/mol. The topological polar surface area (TPSA) is 66.0 Å². The second kappa shape index (κ2) is 3.50. The van der Waals surface area contributed by atoms with Gasteiger partial charge in [0.05, 0.1) is 5.92 Å². The highest BCUT2D eigenvalue weighted by Gasteiger charge is 2.42. The van der Waals surface area contributed by atoms with Crippen molar-refractivity contribution in [2.75, 3.05) is 0 Å². The molecule has 0 radical (unpaired) electrons. The first-order chi connectivity index (χ1) is 7.39. The second-order valence-electron chi connectivity index (χ2n) is 3.82. The van der Waals surface area contributed by atoms with Crippen LogP contribution in [0.2, 0.25) is 0 Å². The average Bonchev–Trinajstić information content (AvgIpc) is 2.58. The third-order valence-electron chi connectivity index (χ3n) is 2.81. The number of aromatic amines is 1. The number of H-pyrrole nitrogens is 1. The molecule has 0 aliphatic heterocycles. The van der Waals surface area contributed by atoms with Crippen molar-refractivity contribution in [1.29, 1.82) is 0 Å². The Kier molecular flexibility index (Phi) is 2.40. The summed E-state index contributed by atoms with van der Waals surface area (Å²) in [6.45, 7) is 0. The maximum atomic E-state index is 12.5. The molecule has 0 bridgehead atoms. The van der Waals surface area contributed by atoms with Gasteiger partial charge < -0.3 is 5.11 Å². The molecule has 1 aliphatic rings. The van der Waals surface area contributed by atoms with E-state index in [1.54, 1.807) is 0 Å². The molecule has 1 aromatic heterocycles. The van der Waals surface area contributed by atoms with Gasteiger partial charge in [-0.15, -0.1) is 0 Å². The van der Waals surface area contributed by atoms with Crippen LogP contribution in [-0.2, 0) is 12.8 Å². The monoisotopic (exact) mass is 234 g/mol. The maximum Gasteiger partial charge on any atom is 0.392 e. The number of carbonyl (C=O) groups is 1. The quantitative estimate of drug-likeness (QED) is 0.778. The molecule has 0 aromatic carbocycles. The van der Waals surface area contributed by atoms with Crippen LogP contribution >= 0.6 is 0 Å². The van der Waals surface area contributed by atoms with Gasteiger partial charge in [0.15, 0.2) is 5.69 Å². The molecule has 16 heavy (non-hydrogen) atoms. The number of rotatable bonds is 1. The third kappa shape index (κ3) is 1.77. The Morgan fingerprint density at radius 2 is 2.19 bits per heavy atom. The summed E-state index contributed by atoms with van der Waals surface area (Å²) >= 11 is 0. The lowest BCUT2D eigenvalue weighted by Crippen LogP contribution is -2.29. The zero-order chi connectivity index (χ0) is 11.9. The van der Waals surface area contributed by atoms with Crippen LogP contribution in [0.3, 0.4) is 0 Å². The summed E-state index contributed by atoms with van der Waals surface area (Å²) in [5.41, 5.74) is 0.419. The Morgan fingerprint density at radius 3 is 2.75 bits per heavy atom. The summed E-state index contributed by atoms with van der Waals surface area (Å²) in [7, 11) is 0. The molecule has 1 heterocycles. The van der Waals surface area contributed by atoms with Crippen LogP contribution < -0.4 is 0 Å². The average molecular weight is 234 g/mol. The number of hydrogen-bond donors (Lipinski definition) is 2. The van der Waals surface area contributed by atoms with E-state index in [-0.39, 0.29) is 30.5 Å². The Morgan fingerprint density at radius 1 is 1.50 bits per heavy atom. The smallest absolute Gasteiger partial charge is 0.392 e. The maximum absolute atomic E-state index is 12.5. The van der Waals surface area contributed by atoms with Gasteiger partial charge in [-0.3, -0.25) is 5.10 Å². The lowest BCUT2D eigenvalue weighted by atomic mass is 9.86. The van der Waals surface area contributed by atoms with E-state index in [2.05, 4.69) is 10.2 Å². The molecule has 0 fully saturated rings. The molecule has 2 rings (SSSR count). The highest BCUT2D eigenvalue weighted by atomic mass is 19.4. The summed E-state index contributed by atoms with van der Waals surface area (Å²) in [5.74, 6) is -2.75. The number of halogens is 3. The Labute approximate surface area is 88.5 Å². The number of hydrogen-bond acceptors (Lipinski definition) is 2. The zero-order valence-corrected chi connectivity index (χ0v) is 8.14. The van der Waals surface area contributed by atoms with Crippen molar-refractivity contribution in [3.05, 3.63) is 17.0 Å². The van der Waals surface area contributed by atoms with Gasteiger partial charge in [-0.05, 0) is 19.3 Å². The van der Waals surface area contributed by atoms with Crippen LogP contribution in [-0.4, -0.2) is 27.4 Å². The molecule has 4 nitrogen and oxygen atoms in total. The fourth-order valence-corrected chi connectivity index (χ4v) is 1.95. The van der Waals surface area contributed by atoms with Crippen LogP contribution in [0, 0.1) is 5.92 Å². The molecular formula is C9H9F3N2O2. The molecule has 1 unspecified atom stereocenters. The minimum Gasteiger partial charge on any atom is -0.476 e. The number of aryl methyl sites for hydroxylation is 1. The van der Waals surface area contributed by atoms with E-state index in [4.69, 9.17) is 5.11 Å². The summed E-state index contributed by atoms with van der Waals surface area (Å²) in [6, 6.07) is 0. The largest absolute Gasteiger partial charge is 0.476 e. The fourth-order valence-electron chi connectivity index (χ4n) is 1.95. The van der Waals surface area contributed by atoms with Crippen molar-refractivity contribution in [3.63, 3.8) is 0 Å². The number of alkyl halides is 3. The van der Waals surface area contributed by atoms with E-state index in [0.29, 0.717) is 5.69 Å². The van der Waals surface area contributed by atoms with Crippen molar-refractivity contribution < 1.29 is 23.1 Å². The standard InChI is InChI=1S/C9H9F3N2O2/c10-9(11,12)4-1-2-6-5(3-4)7(8(15)16)14-13-6/h4H,1-3H2,(H,13,14)(H,15,16). The van der Waals surface area contributed by atoms with Gasteiger partial charge >= 0.3 is 12.1 Å². The summed E-state index contributed by atoms with van der Waals surface area (Å²) in [6.07, 6.45) is -4.39. The van der Waals surface area contributed by atoms with Gasteiger partial charge in [-0.1, -0.05) is 0 Å². The molecule has 1 aromatic rings. The molecule has 2 N–H and O–H groups in total. The van der Waals surface area contributed by atoms with E-state index in [1.165, 1.54) is 0 Å². The Hall–Kier alpha value is -1.53. The number of aromatic nitrogens is 2. The second-order valence-corrected chi connectivity index (χ2v) is 3.82. The van der Waals surface area contributed by atoms with Gasteiger partial charge in [-0.25, -0.2) is 4.79 Å². The van der Waals surface area contributed by atoms with Gasteiger partial charge in [0, 0.05) is 11.3 Å². The number of nitrogens with one attached hydrogen (secondary N) is 1. The SMILES string of the molecule is O=C(O)c1n[nH]c2c1CC(C(F)(F)F)CC2. The normalized spacial score (nSPS) is 20.6. The van der Waals surface area contributed by atoms with Crippen LogP contribution in [0.1, 0.15) is 28.2 Å². The van der Waals surface area contributed by atoms with Crippen LogP contribution in [0.15, 0.2) is 0 Å². The van der Waals surface area contributed by atoms with Gasteiger partial charge in [-0.2, -0.15) is 18.3 Å². The van der Waals surface area contributed by atoms with Gasteiger partial charge in [0.25, 0.3) is 0 Å². The zero-order valence-electron chi connectivity index (χ0n) is 8.14. The van der Waals surface area contributed by atoms with Gasteiger partial charge in [0.2, 0.25) is 0 Å². The van der Waals surface area contributed by atoms with Crippen molar-refractivity contribution >= 4 is 5.97 Å². The minimum atomic E-state index is -4.27. The van der Waals surface area contributed by atoms with E-state index in [0.717, 1.165) is 0 Å². The summed E-state index contributed by atoms with van der Waals surface area (Å²) in [4.78, 5) is 10.7. The minimum absolute atomic E-state index is 0.0161. The lowest BCUT2D eigenvalue weighted by molar-refractivity contribution is -0.177. The number of carboxylic acids is 1. The molecule has 7 heteroatoms. The van der Waals surface area contributed by atoms with Crippen LogP contribution in [0.25, 0.3) is 0 Å². The number of carboxylic acid groups (broad SMARTS) is 1. The van der Waals surface area contributed by atoms with Crippen molar-refractivity contribution in [3.8, 4) is 0 Å². The highest BCUT2D eigenvalue weighted by Crippen LogP contribution is 2.37. The first kappa shape index (κ1) is 11.0. The molecule has 0 spiro atoms. The van der Waals surface area contributed by atoms with E-state index < -0.39 is 18.1 Å². The third-order valence-corrected chi connectivity index (χ3v) is 2.81. The van der Waals surface area contributed by atoms with E-state index >= 15 is 0 Å². The van der Waals surface area contributed by atoms with Crippen LogP contribution in [0.5, 0.6) is 0 Å². The van der Waals surface area contributed by atoms with Gasteiger partial charge in [0.1, 0.15) is 0 Å². The first-order valence-corrected chi connectivity index (χ1v) is 4.75. The Bertz CT molecular complexity index is 425. The molecule has 0 saturated heterocycles. The van der Waals surface area contributed by atoms with E-state index in [9.17, 15) is 18.0 Å². The molecule has 0 saturated carbocycles. The molecule has 88 valence electrons. The molecule has 0 amide bonds. The number of aromatic carboxylic acids is 1. The van der Waals surface area contributed by atoms with Crippen LogP contribution in [0.4, 0.5) is 13.2 Å². The molecular weight excluding hydrogens is 225 g/mol. The van der Waals surface area contributed by atoms with Crippen molar-refractivity contribution in [2.24, 2.45) is 5.92 Å². The van der Waals surface area contributed by atoms with E-state index in [1.807, 2.05) is 0 Å². The molecule has 1 atom stereocenters. The summed E-state index contributed by atoms with van der Waals surface area (Å²) in [5, 5.41) is 14.8. The highest BCUT2D eigenvalue weighted by molar-refractivity contribution is 5.87. The Balaban J connectivity index is 2.31. The number of fused-ring (bicyclic) bond motifs is 1. The first-order valence-electron chi connectivity index (χ1n) is 4.75. The predicted octanol–water partition coefficient (Wildman–Crippen LogP) is 1.78. The lowest BCUT2D eigenvalue weighted by Gasteiger charge is -2.24. The fraction of sp³-hybridized carbons (Fsp3) is 0.556. The van der Waals surface area contributed by atoms with Crippen molar-refractivity contribution in [2.45, 2.75) is 25.4 Å². The summed E-state index contributed by atoms with van der Waals surface area (Å²) < 4.78 is 37.5. The van der Waals surface area contributed by atoms with Crippen molar-refractivity contribution in [1.82, 2.24) is 10.2 Å².